The summed E-state index contributed by atoms with van der Waals surface area (Å²) in [6, 6.07) is 5.35. The van der Waals surface area contributed by atoms with E-state index in [0.29, 0.717) is 10.6 Å². The average Bonchev–Trinajstić information content (AvgIpc) is 1.94. The van der Waals surface area contributed by atoms with Crippen LogP contribution in [0.2, 0.25) is 0 Å². The van der Waals surface area contributed by atoms with E-state index in [1.807, 2.05) is 13.0 Å². The highest BCUT2D eigenvalue weighted by atomic mass is 79.9. The average molecular weight is 234 g/mol. The Bertz CT molecular complexity index is 300. The lowest BCUT2D eigenvalue weighted by atomic mass is 10.2. The second kappa shape index (κ2) is 3.36. The first-order valence-corrected chi connectivity index (χ1v) is 6.04. The Morgan fingerprint density at radius 3 is 2.64 bits per heavy atom. The van der Waals surface area contributed by atoms with Crippen LogP contribution < -0.4 is 5.73 Å². The standard InChI is InChI=1S/C7H8BrNOS/c1-5-2-3-6(11(8)10)4-7(5)9/h2-4H,9H2,1H3. The molecule has 0 saturated carbocycles. The first-order valence-electron chi connectivity index (χ1n) is 3.05. The van der Waals surface area contributed by atoms with Gasteiger partial charge in [-0.2, -0.15) is 0 Å². The van der Waals surface area contributed by atoms with Crippen molar-refractivity contribution in [1.29, 1.82) is 0 Å². The molecule has 4 heteroatoms. The summed E-state index contributed by atoms with van der Waals surface area (Å²) >= 11 is 2.96. The number of nitrogen functional groups attached to an aromatic ring is 1. The Morgan fingerprint density at radius 1 is 1.55 bits per heavy atom. The summed E-state index contributed by atoms with van der Waals surface area (Å²) in [7, 11) is -1.12. The minimum Gasteiger partial charge on any atom is -0.398 e. The van der Waals surface area contributed by atoms with Gasteiger partial charge in [0.25, 0.3) is 0 Å². The molecule has 0 bridgehead atoms. The summed E-state index contributed by atoms with van der Waals surface area (Å²) in [6.45, 7) is 1.91. The molecule has 1 aromatic rings. The van der Waals surface area contributed by atoms with E-state index in [2.05, 4.69) is 14.8 Å². The molecular formula is C7H8BrNOS. The molecule has 0 aromatic heterocycles. The van der Waals surface area contributed by atoms with Crippen molar-refractivity contribution in [2.75, 3.05) is 5.73 Å². The molecule has 0 spiro atoms. The fraction of sp³-hybridized carbons (Fsp3) is 0.143. The maximum Gasteiger partial charge on any atom is 0.122 e. The second-order valence-electron chi connectivity index (χ2n) is 2.24. The van der Waals surface area contributed by atoms with Crippen molar-refractivity contribution >= 4 is 29.7 Å². The number of hydrogen-bond donors (Lipinski definition) is 1. The Labute approximate surface area is 75.5 Å². The van der Waals surface area contributed by atoms with Gasteiger partial charge < -0.3 is 5.73 Å². The van der Waals surface area contributed by atoms with Gasteiger partial charge in [0.2, 0.25) is 0 Å². The number of anilines is 1. The summed E-state index contributed by atoms with van der Waals surface area (Å²) in [5.41, 5.74) is 7.29. The van der Waals surface area contributed by atoms with E-state index >= 15 is 0 Å². The molecule has 1 rings (SSSR count). The molecular weight excluding hydrogens is 226 g/mol. The van der Waals surface area contributed by atoms with E-state index in [1.54, 1.807) is 12.1 Å². The van der Waals surface area contributed by atoms with Crippen LogP contribution in [0, 0.1) is 6.92 Å². The van der Waals surface area contributed by atoms with Crippen LogP contribution in [-0.2, 0) is 9.23 Å². The number of benzene rings is 1. The summed E-state index contributed by atoms with van der Waals surface area (Å²) in [4.78, 5) is 0.702. The summed E-state index contributed by atoms with van der Waals surface area (Å²) in [6.07, 6.45) is 0. The van der Waals surface area contributed by atoms with Crippen molar-refractivity contribution in [3.05, 3.63) is 23.8 Å². The van der Waals surface area contributed by atoms with Gasteiger partial charge in [0.1, 0.15) is 9.23 Å². The topological polar surface area (TPSA) is 43.1 Å². The molecule has 0 aliphatic carbocycles. The Balaban J connectivity index is 3.15. The Kier molecular flexibility index (Phi) is 2.67. The first-order chi connectivity index (χ1) is 5.11. The van der Waals surface area contributed by atoms with Crippen LogP contribution in [0.25, 0.3) is 0 Å². The van der Waals surface area contributed by atoms with Gasteiger partial charge in [-0.1, -0.05) is 6.07 Å². The zero-order chi connectivity index (χ0) is 8.43. The van der Waals surface area contributed by atoms with Crippen molar-refractivity contribution in [3.63, 3.8) is 0 Å². The summed E-state index contributed by atoms with van der Waals surface area (Å²) in [5.74, 6) is 0. The highest BCUT2D eigenvalue weighted by Crippen LogP contribution is 2.18. The van der Waals surface area contributed by atoms with Crippen molar-refractivity contribution < 1.29 is 4.21 Å². The summed E-state index contributed by atoms with van der Waals surface area (Å²) < 4.78 is 10.9. The molecule has 1 aromatic carbocycles. The summed E-state index contributed by atoms with van der Waals surface area (Å²) in [5, 5.41) is 0. The molecule has 0 fully saturated rings. The van der Waals surface area contributed by atoms with Crippen LogP contribution >= 0.6 is 14.8 Å². The molecule has 1 unspecified atom stereocenters. The van der Waals surface area contributed by atoms with E-state index in [1.165, 1.54) is 0 Å². The molecule has 1 atom stereocenters. The van der Waals surface area contributed by atoms with Crippen LogP contribution in [0.5, 0.6) is 0 Å². The number of aryl methyl sites for hydroxylation is 1. The lowest BCUT2D eigenvalue weighted by molar-refractivity contribution is 0.692. The van der Waals surface area contributed by atoms with Crippen LogP contribution in [0.3, 0.4) is 0 Å². The largest absolute Gasteiger partial charge is 0.398 e. The van der Waals surface area contributed by atoms with E-state index in [0.717, 1.165) is 5.56 Å². The van der Waals surface area contributed by atoms with Gasteiger partial charge in [0.05, 0.1) is 4.90 Å². The van der Waals surface area contributed by atoms with Crippen molar-refractivity contribution in [2.45, 2.75) is 11.8 Å². The molecule has 0 amide bonds. The number of hydrogen-bond acceptors (Lipinski definition) is 2. The molecule has 11 heavy (non-hydrogen) atoms. The highest BCUT2D eigenvalue weighted by molar-refractivity contribution is 9.46. The molecule has 2 N–H and O–H groups in total. The second-order valence-corrected chi connectivity index (χ2v) is 4.92. The lowest BCUT2D eigenvalue weighted by Gasteiger charge is -2.00. The minimum atomic E-state index is -1.12. The number of rotatable bonds is 1. The molecule has 60 valence electrons. The van der Waals surface area contributed by atoms with Crippen LogP contribution in [0.1, 0.15) is 5.56 Å². The lowest BCUT2D eigenvalue weighted by Crippen LogP contribution is -1.91. The maximum absolute atomic E-state index is 10.9. The van der Waals surface area contributed by atoms with Gasteiger partial charge in [0.15, 0.2) is 0 Å². The van der Waals surface area contributed by atoms with E-state index in [4.69, 9.17) is 5.73 Å². The van der Waals surface area contributed by atoms with Crippen molar-refractivity contribution in [1.82, 2.24) is 0 Å². The van der Waals surface area contributed by atoms with Gasteiger partial charge in [-0.3, -0.25) is 0 Å². The molecule has 0 aliphatic heterocycles. The Hall–Kier alpha value is -0.350. The predicted octanol–water partition coefficient (Wildman–Crippen LogP) is 1.99. The predicted molar refractivity (Wildman–Crippen MR) is 50.9 cm³/mol. The SMILES string of the molecule is Cc1ccc(S(=O)Br)cc1N. The zero-order valence-electron chi connectivity index (χ0n) is 6.00. The van der Waals surface area contributed by atoms with Gasteiger partial charge >= 0.3 is 0 Å². The van der Waals surface area contributed by atoms with E-state index in [-0.39, 0.29) is 0 Å². The van der Waals surface area contributed by atoms with Crippen molar-refractivity contribution in [2.24, 2.45) is 0 Å². The van der Waals surface area contributed by atoms with Gasteiger partial charge in [-0.25, -0.2) is 4.21 Å². The molecule has 2 nitrogen and oxygen atoms in total. The zero-order valence-corrected chi connectivity index (χ0v) is 8.41. The van der Waals surface area contributed by atoms with Crippen LogP contribution in [-0.4, -0.2) is 4.21 Å². The Morgan fingerprint density at radius 2 is 2.18 bits per heavy atom. The third-order valence-corrected chi connectivity index (χ3v) is 3.18. The quantitative estimate of drug-likeness (QED) is 0.596. The van der Waals surface area contributed by atoms with Gasteiger partial charge in [0, 0.05) is 20.5 Å². The molecule has 0 aliphatic rings. The third kappa shape index (κ3) is 2.04. The first kappa shape index (κ1) is 8.74. The fourth-order valence-corrected chi connectivity index (χ4v) is 1.72. The van der Waals surface area contributed by atoms with Crippen molar-refractivity contribution in [3.8, 4) is 0 Å². The minimum absolute atomic E-state index is 0.676. The van der Waals surface area contributed by atoms with Crippen LogP contribution in [0.15, 0.2) is 23.1 Å². The van der Waals surface area contributed by atoms with E-state index in [9.17, 15) is 4.21 Å². The van der Waals surface area contributed by atoms with Gasteiger partial charge in [-0.05, 0) is 24.6 Å². The molecule has 0 heterocycles. The fourth-order valence-electron chi connectivity index (χ4n) is 0.718. The number of halogens is 1. The molecule has 0 radical (unpaired) electrons. The molecule has 0 saturated heterocycles. The van der Waals surface area contributed by atoms with Gasteiger partial charge in [-0.15, -0.1) is 0 Å². The third-order valence-electron chi connectivity index (χ3n) is 1.44. The monoisotopic (exact) mass is 233 g/mol. The number of nitrogens with two attached hydrogens (primary N) is 1. The smallest absolute Gasteiger partial charge is 0.122 e. The maximum atomic E-state index is 10.9. The van der Waals surface area contributed by atoms with Crippen LogP contribution in [0.4, 0.5) is 5.69 Å². The highest BCUT2D eigenvalue weighted by Gasteiger charge is 2.00. The normalized spacial score (nSPS) is 12.9. The van der Waals surface area contributed by atoms with E-state index < -0.39 is 9.23 Å².